The molecule has 2 heteroatoms. The Morgan fingerprint density at radius 3 is 2.46 bits per heavy atom. The lowest BCUT2D eigenvalue weighted by molar-refractivity contribution is 0.0627. The van der Waals surface area contributed by atoms with Gasteiger partial charge in [-0.15, -0.1) is 0 Å². The number of ether oxygens (including phenoxy) is 1. The molecule has 0 saturated carbocycles. The van der Waals surface area contributed by atoms with E-state index in [9.17, 15) is 0 Å². The second kappa shape index (κ2) is 7.10. The normalized spacial score (nSPS) is 13.3. The van der Waals surface area contributed by atoms with Crippen LogP contribution in [0.25, 0.3) is 0 Å². The highest BCUT2D eigenvalue weighted by molar-refractivity contribution is 4.96. The fourth-order valence-electron chi connectivity index (χ4n) is 1.05. The zero-order chi connectivity index (χ0) is 10.3. The van der Waals surface area contributed by atoms with Crippen LogP contribution in [0.1, 0.15) is 33.6 Å². The van der Waals surface area contributed by atoms with E-state index in [1.165, 1.54) is 5.57 Å². The van der Waals surface area contributed by atoms with Crippen molar-refractivity contribution in [2.45, 2.75) is 45.8 Å². The van der Waals surface area contributed by atoms with Crippen molar-refractivity contribution in [3.63, 3.8) is 0 Å². The molecule has 0 bridgehead atoms. The second-order valence-electron chi connectivity index (χ2n) is 3.68. The van der Waals surface area contributed by atoms with Gasteiger partial charge < -0.3 is 10.1 Å². The van der Waals surface area contributed by atoms with E-state index in [2.05, 4.69) is 32.7 Å². The van der Waals surface area contributed by atoms with Gasteiger partial charge in [-0.05, 0) is 33.7 Å². The van der Waals surface area contributed by atoms with Gasteiger partial charge in [0.05, 0.1) is 12.7 Å². The van der Waals surface area contributed by atoms with E-state index >= 15 is 0 Å². The van der Waals surface area contributed by atoms with Crippen molar-refractivity contribution in [1.29, 1.82) is 0 Å². The molecule has 0 fully saturated rings. The van der Waals surface area contributed by atoms with Gasteiger partial charge in [0, 0.05) is 6.04 Å². The van der Waals surface area contributed by atoms with E-state index in [-0.39, 0.29) is 0 Å². The minimum Gasteiger partial charge on any atom is -0.377 e. The summed E-state index contributed by atoms with van der Waals surface area (Å²) in [5, 5.41) is 3.24. The first-order valence-electron chi connectivity index (χ1n) is 5.05. The van der Waals surface area contributed by atoms with Gasteiger partial charge in [-0.25, -0.2) is 0 Å². The summed E-state index contributed by atoms with van der Waals surface area (Å²) in [6.07, 6.45) is 2.38. The third kappa shape index (κ3) is 6.79. The van der Waals surface area contributed by atoms with Gasteiger partial charge in [-0.1, -0.05) is 19.1 Å². The van der Waals surface area contributed by atoms with Gasteiger partial charge in [0.15, 0.2) is 0 Å². The molecule has 0 rings (SSSR count). The number of nitrogens with one attached hydrogen (secondary N) is 1. The molecule has 1 unspecified atom stereocenters. The fourth-order valence-corrected chi connectivity index (χ4v) is 1.05. The summed E-state index contributed by atoms with van der Waals surface area (Å²) >= 11 is 0. The molecular formula is C11H23NO. The summed E-state index contributed by atoms with van der Waals surface area (Å²) in [6.45, 7) is 11.0. The van der Waals surface area contributed by atoms with Crippen LogP contribution < -0.4 is 5.32 Å². The van der Waals surface area contributed by atoms with Gasteiger partial charge in [0.1, 0.15) is 0 Å². The van der Waals surface area contributed by atoms with E-state index < -0.39 is 0 Å². The zero-order valence-electron chi connectivity index (χ0n) is 9.39. The lowest BCUT2D eigenvalue weighted by Gasteiger charge is -2.18. The van der Waals surface area contributed by atoms with Crippen LogP contribution in [0.2, 0.25) is 0 Å². The van der Waals surface area contributed by atoms with Crippen LogP contribution in [-0.4, -0.2) is 25.8 Å². The number of hydrogen-bond acceptors (Lipinski definition) is 2. The molecule has 78 valence electrons. The molecule has 0 aliphatic rings. The maximum absolute atomic E-state index is 5.54. The Balaban J connectivity index is 3.69. The predicted molar refractivity (Wildman–Crippen MR) is 58.0 cm³/mol. The van der Waals surface area contributed by atoms with Crippen molar-refractivity contribution in [2.24, 2.45) is 0 Å². The Morgan fingerprint density at radius 1 is 1.46 bits per heavy atom. The highest BCUT2D eigenvalue weighted by atomic mass is 16.5. The predicted octanol–water partition coefficient (Wildman–Crippen LogP) is 2.36. The first-order chi connectivity index (χ1) is 6.10. The lowest BCUT2D eigenvalue weighted by atomic mass is 10.1. The molecule has 0 radical (unpaired) electrons. The SMILES string of the molecule is C=C(CC)CC(COC(C)C)NC. The van der Waals surface area contributed by atoms with Crippen molar-refractivity contribution in [3.05, 3.63) is 12.2 Å². The van der Waals surface area contributed by atoms with Crippen molar-refractivity contribution >= 4 is 0 Å². The van der Waals surface area contributed by atoms with E-state index in [0.717, 1.165) is 19.4 Å². The standard InChI is InChI=1S/C11H23NO/c1-6-10(4)7-11(12-5)8-13-9(2)3/h9,11-12H,4,6-8H2,1-3,5H3. The molecule has 0 aromatic rings. The van der Waals surface area contributed by atoms with Crippen LogP contribution in [0, 0.1) is 0 Å². The van der Waals surface area contributed by atoms with E-state index in [1.54, 1.807) is 0 Å². The van der Waals surface area contributed by atoms with E-state index in [1.807, 2.05) is 7.05 Å². The van der Waals surface area contributed by atoms with Crippen LogP contribution in [-0.2, 0) is 4.74 Å². The Labute approximate surface area is 82.4 Å². The second-order valence-corrected chi connectivity index (χ2v) is 3.68. The van der Waals surface area contributed by atoms with E-state index in [0.29, 0.717) is 12.1 Å². The van der Waals surface area contributed by atoms with Crippen molar-refractivity contribution in [2.75, 3.05) is 13.7 Å². The first kappa shape index (κ1) is 12.7. The van der Waals surface area contributed by atoms with Crippen molar-refractivity contribution in [3.8, 4) is 0 Å². The Kier molecular flexibility index (Phi) is 6.92. The van der Waals surface area contributed by atoms with Gasteiger partial charge in [0.25, 0.3) is 0 Å². The summed E-state index contributed by atoms with van der Waals surface area (Å²) in [6, 6.07) is 0.412. The van der Waals surface area contributed by atoms with Crippen LogP contribution in [0.15, 0.2) is 12.2 Å². The molecule has 2 nitrogen and oxygen atoms in total. The maximum atomic E-state index is 5.54. The first-order valence-corrected chi connectivity index (χ1v) is 5.05. The average Bonchev–Trinajstić information content (AvgIpc) is 2.11. The summed E-state index contributed by atoms with van der Waals surface area (Å²) in [5.41, 5.74) is 1.28. The third-order valence-electron chi connectivity index (χ3n) is 2.07. The highest BCUT2D eigenvalue weighted by Gasteiger charge is 2.07. The third-order valence-corrected chi connectivity index (χ3v) is 2.07. The molecule has 0 amide bonds. The molecule has 0 aliphatic heterocycles. The Bertz CT molecular complexity index is 143. The summed E-state index contributed by atoms with van der Waals surface area (Å²) < 4.78 is 5.54. The molecule has 1 atom stereocenters. The van der Waals surface area contributed by atoms with Crippen molar-refractivity contribution in [1.82, 2.24) is 5.32 Å². The number of likely N-dealkylation sites (N-methyl/N-ethyl adjacent to an activating group) is 1. The van der Waals surface area contributed by atoms with Crippen molar-refractivity contribution < 1.29 is 4.74 Å². The molecule has 0 aliphatic carbocycles. The Morgan fingerprint density at radius 2 is 2.08 bits per heavy atom. The molecule has 0 aromatic carbocycles. The van der Waals surface area contributed by atoms with Gasteiger partial charge in [-0.2, -0.15) is 0 Å². The molecular weight excluding hydrogens is 162 g/mol. The molecule has 0 spiro atoms. The van der Waals surface area contributed by atoms with Gasteiger partial charge in [0.2, 0.25) is 0 Å². The number of hydrogen-bond donors (Lipinski definition) is 1. The molecule has 13 heavy (non-hydrogen) atoms. The highest BCUT2D eigenvalue weighted by Crippen LogP contribution is 2.07. The van der Waals surface area contributed by atoms with Crippen LogP contribution >= 0.6 is 0 Å². The molecule has 0 saturated heterocycles. The topological polar surface area (TPSA) is 21.3 Å². The minimum atomic E-state index is 0.311. The van der Waals surface area contributed by atoms with Crippen LogP contribution in [0.4, 0.5) is 0 Å². The summed E-state index contributed by atoms with van der Waals surface area (Å²) in [5.74, 6) is 0. The molecule has 1 N–H and O–H groups in total. The molecule has 0 aromatic heterocycles. The summed E-state index contributed by atoms with van der Waals surface area (Å²) in [7, 11) is 1.97. The average molecular weight is 185 g/mol. The lowest BCUT2D eigenvalue weighted by Crippen LogP contribution is -2.31. The van der Waals surface area contributed by atoms with Crippen LogP contribution in [0.3, 0.4) is 0 Å². The Hall–Kier alpha value is -0.340. The van der Waals surface area contributed by atoms with Gasteiger partial charge in [-0.3, -0.25) is 0 Å². The minimum absolute atomic E-state index is 0.311. The summed E-state index contributed by atoms with van der Waals surface area (Å²) in [4.78, 5) is 0. The fraction of sp³-hybridized carbons (Fsp3) is 0.818. The number of rotatable bonds is 7. The largest absolute Gasteiger partial charge is 0.377 e. The molecule has 0 heterocycles. The van der Waals surface area contributed by atoms with Gasteiger partial charge >= 0.3 is 0 Å². The zero-order valence-corrected chi connectivity index (χ0v) is 9.39. The van der Waals surface area contributed by atoms with Crippen LogP contribution in [0.5, 0.6) is 0 Å². The smallest absolute Gasteiger partial charge is 0.0626 e. The maximum Gasteiger partial charge on any atom is 0.0626 e. The van der Waals surface area contributed by atoms with E-state index in [4.69, 9.17) is 4.74 Å². The monoisotopic (exact) mass is 185 g/mol. The quantitative estimate of drug-likeness (QED) is 0.615.